The summed E-state index contributed by atoms with van der Waals surface area (Å²) in [6.07, 6.45) is -25.1. The maximum absolute atomic E-state index is 14.2. The Kier molecular flexibility index (Phi) is 11.5. The molecule has 12 N–H and O–H groups in total. The van der Waals surface area contributed by atoms with Crippen LogP contribution in [0, 0.1) is 0 Å². The zero-order valence-corrected chi connectivity index (χ0v) is 27.7. The molecule has 0 aliphatic carbocycles. The van der Waals surface area contributed by atoms with Crippen LogP contribution in [0.2, 0.25) is 0 Å². The lowest BCUT2D eigenvalue weighted by Crippen LogP contribution is -2.61. The van der Waals surface area contributed by atoms with E-state index in [-0.39, 0.29) is 22.7 Å². The highest BCUT2D eigenvalue weighted by Gasteiger charge is 2.48. The van der Waals surface area contributed by atoms with Gasteiger partial charge < -0.3 is 94.1 Å². The monoisotopic (exact) mass is 756 g/mol. The average molecular weight is 757 g/mol. The summed E-state index contributed by atoms with van der Waals surface area (Å²) >= 11 is 0. The minimum Gasteiger partial charge on any atom is -0.508 e. The summed E-state index contributed by atoms with van der Waals surface area (Å²) in [5, 5.41) is 123. The van der Waals surface area contributed by atoms with Crippen molar-refractivity contribution in [2.75, 3.05) is 13.2 Å². The van der Waals surface area contributed by atoms with Gasteiger partial charge in [-0.3, -0.25) is 4.79 Å². The van der Waals surface area contributed by atoms with Gasteiger partial charge in [0.25, 0.3) is 0 Å². The van der Waals surface area contributed by atoms with Gasteiger partial charge in [0.1, 0.15) is 83.9 Å². The summed E-state index contributed by atoms with van der Waals surface area (Å²) in [5.74, 6) is -2.54. The second kappa shape index (κ2) is 15.6. The fourth-order valence-electron chi connectivity index (χ4n) is 6.13. The lowest BCUT2D eigenvalue weighted by Gasteiger charge is -2.42. The lowest BCUT2D eigenvalue weighted by atomic mass is 9.98. The van der Waals surface area contributed by atoms with E-state index in [1.54, 1.807) is 0 Å². The molecule has 3 aliphatic heterocycles. The molecule has 20 nitrogen and oxygen atoms in total. The molecule has 0 radical (unpaired) electrons. The molecule has 0 unspecified atom stereocenters. The van der Waals surface area contributed by atoms with E-state index in [4.69, 9.17) is 32.8 Å². The molecule has 3 aromatic rings. The highest BCUT2D eigenvalue weighted by Crippen LogP contribution is 2.40. The Bertz CT molecular complexity index is 1780. The summed E-state index contributed by atoms with van der Waals surface area (Å²) in [6.45, 7) is 0.00315. The number of hydrogen-bond acceptors (Lipinski definition) is 20. The highest BCUT2D eigenvalue weighted by molar-refractivity contribution is 5.89. The van der Waals surface area contributed by atoms with Gasteiger partial charge in [-0.15, -0.1) is 0 Å². The van der Waals surface area contributed by atoms with Gasteiger partial charge in [-0.25, -0.2) is 0 Å². The Morgan fingerprint density at radius 2 is 1.21 bits per heavy atom. The Balaban J connectivity index is 1.33. The minimum atomic E-state index is -2.02. The maximum atomic E-state index is 14.2. The van der Waals surface area contributed by atoms with E-state index in [1.807, 2.05) is 0 Å². The van der Waals surface area contributed by atoms with Crippen LogP contribution in [0.4, 0.5) is 0 Å². The summed E-state index contributed by atoms with van der Waals surface area (Å²) in [4.78, 5) is 14.2. The van der Waals surface area contributed by atoms with E-state index in [0.29, 0.717) is 0 Å². The van der Waals surface area contributed by atoms with Crippen molar-refractivity contribution < 1.29 is 94.1 Å². The predicted molar refractivity (Wildman–Crippen MR) is 171 cm³/mol. The standard InChI is InChI=1S/C33H40O20/c1-10-18(36)23(41)26(44)31(48-10)47-9-16-21(39)25(43)28(46)33(52-16)53-30-22(40)17-13(49-29(30)11-2-4-12(35)5-3-11)6-7-14(19(17)37)50-32-27(45)24(42)20(38)15(8-34)51-32/h2-7,10,15-16,18,20-21,23-28,31-39,41-46H,8-9H2,1H3/t10-,15+,16+,18-,20+,21+,23+,24-,25-,26+,27+,28+,31+,32+,33-/m0/s1. The second-order valence-electron chi connectivity index (χ2n) is 12.9. The van der Waals surface area contributed by atoms with Crippen molar-refractivity contribution in [2.45, 2.75) is 99.0 Å². The Morgan fingerprint density at radius 3 is 1.85 bits per heavy atom. The molecule has 1 aromatic heterocycles. The first-order valence-electron chi connectivity index (χ1n) is 16.4. The van der Waals surface area contributed by atoms with Gasteiger partial charge in [0.2, 0.25) is 23.8 Å². The van der Waals surface area contributed by atoms with Crippen LogP contribution in [0.25, 0.3) is 22.3 Å². The van der Waals surface area contributed by atoms with Gasteiger partial charge in [-0.05, 0) is 43.3 Å². The van der Waals surface area contributed by atoms with Crippen LogP contribution in [0.15, 0.2) is 45.6 Å². The number of aliphatic hydroxyl groups excluding tert-OH is 10. The molecule has 6 rings (SSSR count). The molecule has 3 saturated heterocycles. The first kappa shape index (κ1) is 39.0. The topological polar surface area (TPSA) is 328 Å². The number of ether oxygens (including phenoxy) is 6. The summed E-state index contributed by atoms with van der Waals surface area (Å²) in [6, 6.07) is 7.54. The SMILES string of the molecule is C[C@@H]1O[C@@H](OC[C@H]2O[C@@H](Oc3c(-c4ccc(O)cc4)oc4ccc(O[C@@H]5O[C@H](CO)[C@@H](O)[C@H](O)[C@H]5O)c(O)c4c3=O)[C@H](O)[C@@H](O)[C@@H]2O)[C@H](O)[C@H](O)[C@H]1O. The smallest absolute Gasteiger partial charge is 0.239 e. The van der Waals surface area contributed by atoms with Crippen molar-refractivity contribution in [2.24, 2.45) is 0 Å². The number of hydrogen-bond donors (Lipinski definition) is 12. The maximum Gasteiger partial charge on any atom is 0.239 e. The minimum absolute atomic E-state index is 0.141. The first-order valence-corrected chi connectivity index (χ1v) is 16.4. The third-order valence-electron chi connectivity index (χ3n) is 9.31. The van der Waals surface area contributed by atoms with E-state index in [0.717, 1.165) is 6.07 Å². The molecular formula is C33H40O20. The molecule has 4 heterocycles. The fourth-order valence-corrected chi connectivity index (χ4v) is 6.13. The van der Waals surface area contributed by atoms with Crippen molar-refractivity contribution in [3.63, 3.8) is 0 Å². The van der Waals surface area contributed by atoms with Gasteiger partial charge in [0.15, 0.2) is 23.5 Å². The highest BCUT2D eigenvalue weighted by atomic mass is 16.7. The van der Waals surface area contributed by atoms with Crippen molar-refractivity contribution in [1.82, 2.24) is 0 Å². The Hall–Kier alpha value is -3.71. The van der Waals surface area contributed by atoms with Crippen LogP contribution in [0.1, 0.15) is 6.92 Å². The van der Waals surface area contributed by atoms with Crippen LogP contribution in [0.3, 0.4) is 0 Å². The van der Waals surface area contributed by atoms with Crippen molar-refractivity contribution in [3.05, 3.63) is 46.6 Å². The molecule has 0 bridgehead atoms. The van der Waals surface area contributed by atoms with Gasteiger partial charge in [0, 0.05) is 5.56 Å². The van der Waals surface area contributed by atoms with Crippen LogP contribution in [-0.2, 0) is 18.9 Å². The van der Waals surface area contributed by atoms with Crippen molar-refractivity contribution in [3.8, 4) is 34.3 Å². The van der Waals surface area contributed by atoms with Crippen LogP contribution in [0.5, 0.6) is 23.0 Å². The Labute approximate surface area is 298 Å². The van der Waals surface area contributed by atoms with Crippen LogP contribution in [-0.4, -0.2) is 167 Å². The molecular weight excluding hydrogens is 716 g/mol. The average Bonchev–Trinajstić information content (AvgIpc) is 3.14. The van der Waals surface area contributed by atoms with Crippen LogP contribution < -0.4 is 14.9 Å². The number of phenols is 2. The largest absolute Gasteiger partial charge is 0.508 e. The number of phenolic OH excluding ortho intramolecular Hbond substituents is 2. The molecule has 0 saturated carbocycles. The van der Waals surface area contributed by atoms with E-state index in [2.05, 4.69) is 0 Å². The van der Waals surface area contributed by atoms with Crippen LogP contribution >= 0.6 is 0 Å². The Morgan fingerprint density at radius 1 is 0.642 bits per heavy atom. The number of benzene rings is 2. The number of aromatic hydroxyl groups is 2. The summed E-state index contributed by atoms with van der Waals surface area (Å²) in [5.41, 5.74) is -1.21. The predicted octanol–water partition coefficient (Wildman–Crippen LogP) is -3.92. The van der Waals surface area contributed by atoms with E-state index in [9.17, 15) is 66.1 Å². The normalized spacial score (nSPS) is 37.8. The van der Waals surface area contributed by atoms with Gasteiger partial charge in [0.05, 0.1) is 19.3 Å². The second-order valence-corrected chi connectivity index (χ2v) is 12.9. The third-order valence-corrected chi connectivity index (χ3v) is 9.31. The number of rotatable bonds is 9. The third kappa shape index (κ3) is 7.39. The molecule has 53 heavy (non-hydrogen) atoms. The van der Waals surface area contributed by atoms with Gasteiger partial charge in [-0.2, -0.15) is 0 Å². The first-order chi connectivity index (χ1) is 25.1. The number of aliphatic hydroxyl groups is 10. The molecule has 15 atom stereocenters. The molecule has 20 heteroatoms. The summed E-state index contributed by atoms with van der Waals surface area (Å²) in [7, 11) is 0. The molecule has 292 valence electrons. The van der Waals surface area contributed by atoms with Crippen molar-refractivity contribution >= 4 is 11.0 Å². The van der Waals surface area contributed by atoms with E-state index in [1.165, 1.54) is 37.3 Å². The molecule has 0 amide bonds. The van der Waals surface area contributed by atoms with E-state index < -0.39 is 133 Å². The number of fused-ring (bicyclic) bond motifs is 1. The lowest BCUT2D eigenvalue weighted by molar-refractivity contribution is -0.318. The molecule has 3 fully saturated rings. The van der Waals surface area contributed by atoms with Gasteiger partial charge >= 0.3 is 0 Å². The van der Waals surface area contributed by atoms with E-state index >= 15 is 0 Å². The van der Waals surface area contributed by atoms with Crippen molar-refractivity contribution in [1.29, 1.82) is 0 Å². The zero-order chi connectivity index (χ0) is 38.5. The molecule has 2 aromatic carbocycles. The fraction of sp³-hybridized carbons (Fsp3) is 0.545. The quantitative estimate of drug-likeness (QED) is 0.0992. The molecule has 3 aliphatic rings. The zero-order valence-electron chi connectivity index (χ0n) is 27.7. The molecule has 0 spiro atoms. The summed E-state index contributed by atoms with van der Waals surface area (Å²) < 4.78 is 39.2. The van der Waals surface area contributed by atoms with Gasteiger partial charge in [-0.1, -0.05) is 0 Å².